The number of aryl methyl sites for hydroxylation is 2. The SMILES string of the molecule is Cc1cc(-c2c(-c3ccccc3)nc(N)n3c(=O)n(CC(N)=O)nc23)cc(C)n1. The number of hydrogen-bond donors (Lipinski definition) is 2. The first-order valence-electron chi connectivity index (χ1n) is 8.93. The van der Waals surface area contributed by atoms with Gasteiger partial charge in [-0.3, -0.25) is 9.78 Å². The van der Waals surface area contributed by atoms with Crippen LogP contribution < -0.4 is 17.2 Å². The van der Waals surface area contributed by atoms with Crippen LogP contribution in [0.4, 0.5) is 5.95 Å². The molecule has 1 aromatic carbocycles. The fraction of sp³-hybridized carbons (Fsp3) is 0.150. The number of hydrogen-bond acceptors (Lipinski definition) is 6. The van der Waals surface area contributed by atoms with E-state index >= 15 is 0 Å². The molecule has 0 unspecified atom stereocenters. The smallest absolute Gasteiger partial charge is 0.353 e. The van der Waals surface area contributed by atoms with E-state index in [0.717, 1.165) is 27.2 Å². The van der Waals surface area contributed by atoms with Gasteiger partial charge in [-0.2, -0.15) is 0 Å². The number of aromatic nitrogens is 5. The molecule has 4 aromatic rings. The summed E-state index contributed by atoms with van der Waals surface area (Å²) in [5.74, 6) is -0.701. The van der Waals surface area contributed by atoms with Crippen LogP contribution in [-0.2, 0) is 11.3 Å². The van der Waals surface area contributed by atoms with Crippen LogP contribution >= 0.6 is 0 Å². The van der Waals surface area contributed by atoms with Crippen molar-refractivity contribution in [1.82, 2.24) is 24.1 Å². The maximum atomic E-state index is 12.8. The molecule has 0 aliphatic rings. The van der Waals surface area contributed by atoms with Crippen molar-refractivity contribution in [3.63, 3.8) is 0 Å². The Kier molecular flexibility index (Phi) is 4.34. The minimum Gasteiger partial charge on any atom is -0.369 e. The molecule has 29 heavy (non-hydrogen) atoms. The Balaban J connectivity index is 2.15. The lowest BCUT2D eigenvalue weighted by molar-refractivity contribution is -0.118. The summed E-state index contributed by atoms with van der Waals surface area (Å²) in [5.41, 5.74) is 15.5. The minimum absolute atomic E-state index is 0.0224. The largest absolute Gasteiger partial charge is 0.369 e. The number of pyridine rings is 1. The maximum absolute atomic E-state index is 12.8. The molecule has 0 aliphatic heterocycles. The van der Waals surface area contributed by atoms with Crippen LogP contribution in [0.25, 0.3) is 28.0 Å². The molecule has 0 aliphatic carbocycles. The topological polar surface area (TPSA) is 134 Å². The highest BCUT2D eigenvalue weighted by atomic mass is 16.2. The van der Waals surface area contributed by atoms with Crippen molar-refractivity contribution >= 4 is 17.5 Å². The van der Waals surface area contributed by atoms with Gasteiger partial charge in [-0.15, -0.1) is 5.10 Å². The zero-order valence-corrected chi connectivity index (χ0v) is 16.0. The minimum atomic E-state index is -0.678. The summed E-state index contributed by atoms with van der Waals surface area (Å²) in [4.78, 5) is 33.1. The summed E-state index contributed by atoms with van der Waals surface area (Å²) in [6.45, 7) is 3.42. The molecule has 3 heterocycles. The van der Waals surface area contributed by atoms with E-state index in [1.807, 2.05) is 56.3 Å². The fourth-order valence-corrected chi connectivity index (χ4v) is 3.40. The third-order valence-electron chi connectivity index (χ3n) is 4.48. The number of nitrogen functional groups attached to an aromatic ring is 1. The molecule has 0 spiro atoms. The van der Waals surface area contributed by atoms with Crippen LogP contribution in [-0.4, -0.2) is 30.1 Å². The van der Waals surface area contributed by atoms with Crippen LogP contribution in [0.5, 0.6) is 0 Å². The monoisotopic (exact) mass is 389 g/mol. The molecule has 3 aromatic heterocycles. The number of rotatable bonds is 4. The summed E-state index contributed by atoms with van der Waals surface area (Å²) in [7, 11) is 0. The van der Waals surface area contributed by atoms with Crippen molar-refractivity contribution in [1.29, 1.82) is 0 Å². The number of anilines is 1. The van der Waals surface area contributed by atoms with Crippen molar-refractivity contribution < 1.29 is 4.79 Å². The summed E-state index contributed by atoms with van der Waals surface area (Å²) >= 11 is 0. The van der Waals surface area contributed by atoms with E-state index in [4.69, 9.17) is 11.5 Å². The molecular formula is C20H19N7O2. The summed E-state index contributed by atoms with van der Waals surface area (Å²) in [5, 5.41) is 4.36. The van der Waals surface area contributed by atoms with Crippen molar-refractivity contribution in [2.45, 2.75) is 20.4 Å². The molecule has 0 bridgehead atoms. The molecule has 146 valence electrons. The molecule has 0 fully saturated rings. The lowest BCUT2D eigenvalue weighted by Crippen LogP contribution is -2.29. The van der Waals surface area contributed by atoms with Gasteiger partial charge in [0.1, 0.15) is 6.54 Å². The number of carbonyl (C=O) groups excluding carboxylic acids is 1. The second kappa shape index (κ2) is 6.86. The number of primary amides is 1. The van der Waals surface area contributed by atoms with Gasteiger partial charge in [-0.05, 0) is 31.5 Å². The van der Waals surface area contributed by atoms with E-state index in [0.29, 0.717) is 16.9 Å². The average Bonchev–Trinajstić information content (AvgIpc) is 2.97. The number of fused-ring (bicyclic) bond motifs is 1. The normalized spacial score (nSPS) is 11.1. The van der Waals surface area contributed by atoms with Crippen molar-refractivity contribution in [3.05, 3.63) is 64.3 Å². The Labute approximate surface area is 165 Å². The molecule has 9 nitrogen and oxygen atoms in total. The summed E-state index contributed by atoms with van der Waals surface area (Å²) in [6.07, 6.45) is 0. The summed E-state index contributed by atoms with van der Waals surface area (Å²) < 4.78 is 2.19. The zero-order chi connectivity index (χ0) is 20.7. The predicted octanol–water partition coefficient (Wildman–Crippen LogP) is 1.30. The van der Waals surface area contributed by atoms with Gasteiger partial charge in [0.2, 0.25) is 11.9 Å². The van der Waals surface area contributed by atoms with Gasteiger partial charge >= 0.3 is 5.69 Å². The number of amides is 1. The Hall–Kier alpha value is -4.01. The first kappa shape index (κ1) is 18.4. The quantitative estimate of drug-likeness (QED) is 0.540. The van der Waals surface area contributed by atoms with Crippen LogP contribution in [0.2, 0.25) is 0 Å². The molecule has 0 saturated carbocycles. The van der Waals surface area contributed by atoms with Gasteiger partial charge in [-0.1, -0.05) is 30.3 Å². The molecule has 0 atom stereocenters. The number of nitrogens with zero attached hydrogens (tertiary/aromatic N) is 5. The second-order valence-electron chi connectivity index (χ2n) is 6.76. The maximum Gasteiger partial charge on any atom is 0.353 e. The lowest BCUT2D eigenvalue weighted by Gasteiger charge is -2.13. The third kappa shape index (κ3) is 3.22. The van der Waals surface area contributed by atoms with Crippen molar-refractivity contribution in [2.75, 3.05) is 5.73 Å². The van der Waals surface area contributed by atoms with E-state index in [9.17, 15) is 9.59 Å². The predicted molar refractivity (Wildman–Crippen MR) is 109 cm³/mol. The highest BCUT2D eigenvalue weighted by molar-refractivity contribution is 5.90. The number of benzene rings is 1. The molecular weight excluding hydrogens is 370 g/mol. The van der Waals surface area contributed by atoms with Gasteiger partial charge in [0.25, 0.3) is 0 Å². The first-order chi connectivity index (χ1) is 13.8. The van der Waals surface area contributed by atoms with Crippen LogP contribution in [0.3, 0.4) is 0 Å². The van der Waals surface area contributed by atoms with Gasteiger partial charge in [0.05, 0.1) is 11.3 Å². The van der Waals surface area contributed by atoms with E-state index in [1.165, 1.54) is 4.40 Å². The van der Waals surface area contributed by atoms with Gasteiger partial charge < -0.3 is 11.5 Å². The van der Waals surface area contributed by atoms with Crippen LogP contribution in [0, 0.1) is 13.8 Å². The first-order valence-corrected chi connectivity index (χ1v) is 8.93. The number of carbonyl (C=O) groups is 1. The van der Waals surface area contributed by atoms with Crippen molar-refractivity contribution in [3.8, 4) is 22.4 Å². The zero-order valence-electron chi connectivity index (χ0n) is 16.0. The molecule has 1 amide bonds. The lowest BCUT2D eigenvalue weighted by atomic mass is 9.99. The highest BCUT2D eigenvalue weighted by Gasteiger charge is 2.22. The molecule has 0 saturated heterocycles. The molecule has 9 heteroatoms. The fourth-order valence-electron chi connectivity index (χ4n) is 3.40. The Morgan fingerprint density at radius 3 is 2.31 bits per heavy atom. The van der Waals surface area contributed by atoms with Crippen molar-refractivity contribution in [2.24, 2.45) is 5.73 Å². The van der Waals surface area contributed by atoms with E-state index in [-0.39, 0.29) is 12.5 Å². The van der Waals surface area contributed by atoms with E-state index < -0.39 is 11.6 Å². The Morgan fingerprint density at radius 2 is 1.69 bits per heavy atom. The van der Waals surface area contributed by atoms with Crippen LogP contribution in [0.15, 0.2) is 47.3 Å². The van der Waals surface area contributed by atoms with E-state index in [1.54, 1.807) is 0 Å². The second-order valence-corrected chi connectivity index (χ2v) is 6.76. The highest BCUT2D eigenvalue weighted by Crippen LogP contribution is 2.34. The Bertz CT molecular complexity index is 1290. The third-order valence-corrected chi connectivity index (χ3v) is 4.48. The standard InChI is InChI=1S/C20H19N7O2/c1-11-8-14(9-12(2)23-11)16-17(13-6-4-3-5-7-13)24-19(22)27-18(16)25-26(20(27)29)10-15(21)28/h3-9H,10H2,1-2H3,(H2,21,28)(H2,22,24). The van der Waals surface area contributed by atoms with Crippen LogP contribution in [0.1, 0.15) is 11.4 Å². The Morgan fingerprint density at radius 1 is 1.03 bits per heavy atom. The molecule has 4 N–H and O–H groups in total. The van der Waals surface area contributed by atoms with Gasteiger partial charge in [0, 0.05) is 17.0 Å². The van der Waals surface area contributed by atoms with Gasteiger partial charge in [-0.25, -0.2) is 18.9 Å². The van der Waals surface area contributed by atoms with E-state index in [2.05, 4.69) is 15.1 Å². The average molecular weight is 389 g/mol. The molecule has 0 radical (unpaired) electrons. The van der Waals surface area contributed by atoms with Gasteiger partial charge in [0.15, 0.2) is 5.65 Å². The summed E-state index contributed by atoms with van der Waals surface area (Å²) in [6, 6.07) is 13.3. The molecule has 4 rings (SSSR count). The number of nitrogens with two attached hydrogens (primary N) is 2.